The van der Waals surface area contributed by atoms with E-state index in [0.29, 0.717) is 18.7 Å². The highest BCUT2D eigenvalue weighted by molar-refractivity contribution is 5.95. The van der Waals surface area contributed by atoms with Crippen LogP contribution in [0.25, 0.3) is 11.4 Å². The minimum absolute atomic E-state index is 0.137. The molecule has 2 heterocycles. The standard InChI is InChI=1S/C14H17N5O2/c1-19-8-16-18-13(19)9-3-2-4-10(5-9)17-14(21)12-6-11(20)7-15-12/h2-5,8,11-12,15,20H,6-7H2,1H3,(H,17,21). The molecule has 1 aliphatic rings. The Bertz CT molecular complexity index is 654. The molecular formula is C14H17N5O2. The van der Waals surface area contributed by atoms with E-state index in [4.69, 9.17) is 0 Å². The minimum atomic E-state index is -0.453. The zero-order valence-electron chi connectivity index (χ0n) is 11.7. The number of aliphatic hydroxyl groups is 1. The number of hydrogen-bond donors (Lipinski definition) is 3. The molecule has 0 radical (unpaired) electrons. The van der Waals surface area contributed by atoms with E-state index in [9.17, 15) is 9.90 Å². The normalized spacial score (nSPS) is 21.4. The third-order valence-electron chi connectivity index (χ3n) is 3.52. The van der Waals surface area contributed by atoms with Crippen LogP contribution in [0.4, 0.5) is 5.69 Å². The van der Waals surface area contributed by atoms with Crippen molar-refractivity contribution in [3.05, 3.63) is 30.6 Å². The summed E-state index contributed by atoms with van der Waals surface area (Å²) in [7, 11) is 1.87. The smallest absolute Gasteiger partial charge is 0.241 e. The highest BCUT2D eigenvalue weighted by Gasteiger charge is 2.27. The maximum Gasteiger partial charge on any atom is 0.241 e. The monoisotopic (exact) mass is 287 g/mol. The van der Waals surface area contributed by atoms with E-state index in [2.05, 4.69) is 20.8 Å². The quantitative estimate of drug-likeness (QED) is 0.747. The van der Waals surface area contributed by atoms with Gasteiger partial charge in [-0.3, -0.25) is 4.79 Å². The van der Waals surface area contributed by atoms with Gasteiger partial charge in [-0.1, -0.05) is 12.1 Å². The summed E-state index contributed by atoms with van der Waals surface area (Å²) in [6.45, 7) is 0.455. The lowest BCUT2D eigenvalue weighted by atomic mass is 10.1. The molecule has 1 aromatic heterocycles. The summed E-state index contributed by atoms with van der Waals surface area (Å²) in [4.78, 5) is 12.1. The first-order chi connectivity index (χ1) is 10.1. The number of hydrogen-bond acceptors (Lipinski definition) is 5. The second-order valence-electron chi connectivity index (χ2n) is 5.19. The van der Waals surface area contributed by atoms with Gasteiger partial charge >= 0.3 is 0 Å². The number of aromatic nitrogens is 3. The summed E-state index contributed by atoms with van der Waals surface area (Å²) in [6, 6.07) is 7.10. The molecule has 2 unspecified atom stereocenters. The summed E-state index contributed by atoms with van der Waals surface area (Å²) in [5, 5.41) is 23.2. The molecule has 2 atom stereocenters. The molecule has 3 N–H and O–H groups in total. The Morgan fingerprint density at radius 2 is 2.38 bits per heavy atom. The van der Waals surface area contributed by atoms with Crippen molar-refractivity contribution in [1.82, 2.24) is 20.1 Å². The van der Waals surface area contributed by atoms with Crippen molar-refractivity contribution in [3.63, 3.8) is 0 Å². The molecule has 1 fully saturated rings. The summed E-state index contributed by atoms with van der Waals surface area (Å²) in [5.74, 6) is 0.599. The molecule has 110 valence electrons. The maximum atomic E-state index is 12.1. The topological polar surface area (TPSA) is 92.1 Å². The zero-order chi connectivity index (χ0) is 14.8. The first-order valence-electron chi connectivity index (χ1n) is 6.80. The van der Waals surface area contributed by atoms with Crippen LogP contribution in [0.2, 0.25) is 0 Å². The van der Waals surface area contributed by atoms with Crippen LogP contribution in [0.15, 0.2) is 30.6 Å². The number of amides is 1. The number of β-amino-alcohol motifs (C(OH)–C–C–N with tert-alkyl or cyclic N) is 1. The van der Waals surface area contributed by atoms with Gasteiger partial charge in [0.1, 0.15) is 6.33 Å². The van der Waals surface area contributed by atoms with Crippen LogP contribution in [0.5, 0.6) is 0 Å². The lowest BCUT2D eigenvalue weighted by Gasteiger charge is -2.11. The largest absolute Gasteiger partial charge is 0.392 e. The molecule has 0 bridgehead atoms. The van der Waals surface area contributed by atoms with Gasteiger partial charge in [0.2, 0.25) is 5.91 Å². The van der Waals surface area contributed by atoms with Crippen molar-refractivity contribution in [3.8, 4) is 11.4 Å². The van der Waals surface area contributed by atoms with Gasteiger partial charge in [-0.05, 0) is 18.6 Å². The van der Waals surface area contributed by atoms with Crippen molar-refractivity contribution in [2.24, 2.45) is 7.05 Å². The summed E-state index contributed by atoms with van der Waals surface area (Å²) >= 11 is 0. The van der Waals surface area contributed by atoms with Gasteiger partial charge in [-0.2, -0.15) is 0 Å². The molecule has 21 heavy (non-hydrogen) atoms. The van der Waals surface area contributed by atoms with E-state index in [0.717, 1.165) is 11.4 Å². The number of aryl methyl sites for hydroxylation is 1. The van der Waals surface area contributed by atoms with Gasteiger partial charge in [0.15, 0.2) is 5.82 Å². The second kappa shape index (κ2) is 5.63. The Morgan fingerprint density at radius 1 is 1.52 bits per heavy atom. The number of benzene rings is 1. The molecule has 0 aliphatic carbocycles. The van der Waals surface area contributed by atoms with E-state index >= 15 is 0 Å². The van der Waals surface area contributed by atoms with Crippen LogP contribution in [0.3, 0.4) is 0 Å². The Labute approximate surface area is 122 Å². The predicted octanol–water partition coefficient (Wildman–Crippen LogP) is 0.143. The van der Waals surface area contributed by atoms with E-state index in [-0.39, 0.29) is 11.9 Å². The van der Waals surface area contributed by atoms with Gasteiger partial charge in [0, 0.05) is 24.8 Å². The summed E-state index contributed by atoms with van der Waals surface area (Å²) in [5.41, 5.74) is 1.58. The molecular weight excluding hydrogens is 270 g/mol. The van der Waals surface area contributed by atoms with Crippen LogP contribution < -0.4 is 10.6 Å². The Hall–Kier alpha value is -2.25. The van der Waals surface area contributed by atoms with Gasteiger partial charge < -0.3 is 20.3 Å². The third kappa shape index (κ3) is 2.93. The molecule has 1 aliphatic heterocycles. The predicted molar refractivity (Wildman–Crippen MR) is 77.5 cm³/mol. The zero-order valence-corrected chi connectivity index (χ0v) is 11.7. The van der Waals surface area contributed by atoms with Crippen molar-refractivity contribution in [2.45, 2.75) is 18.6 Å². The van der Waals surface area contributed by atoms with Crippen LogP contribution >= 0.6 is 0 Å². The molecule has 1 amide bonds. The average Bonchev–Trinajstić information content (AvgIpc) is 3.08. The van der Waals surface area contributed by atoms with Crippen molar-refractivity contribution in [2.75, 3.05) is 11.9 Å². The number of carbonyl (C=O) groups excluding carboxylic acids is 1. The van der Waals surface area contributed by atoms with Crippen LogP contribution in [0.1, 0.15) is 6.42 Å². The van der Waals surface area contributed by atoms with Crippen molar-refractivity contribution >= 4 is 11.6 Å². The molecule has 7 nitrogen and oxygen atoms in total. The van der Waals surface area contributed by atoms with Crippen LogP contribution in [0, 0.1) is 0 Å². The third-order valence-corrected chi connectivity index (χ3v) is 3.52. The first-order valence-corrected chi connectivity index (χ1v) is 6.80. The number of rotatable bonds is 3. The molecule has 1 saturated heterocycles. The Kier molecular flexibility index (Phi) is 3.68. The lowest BCUT2D eigenvalue weighted by molar-refractivity contribution is -0.117. The highest BCUT2D eigenvalue weighted by atomic mass is 16.3. The van der Waals surface area contributed by atoms with Gasteiger partial charge in [0.05, 0.1) is 12.1 Å². The van der Waals surface area contributed by atoms with Crippen LogP contribution in [-0.2, 0) is 11.8 Å². The van der Waals surface area contributed by atoms with Gasteiger partial charge in [-0.25, -0.2) is 0 Å². The van der Waals surface area contributed by atoms with E-state index in [1.54, 1.807) is 6.33 Å². The first kappa shape index (κ1) is 13.7. The fraction of sp³-hybridized carbons (Fsp3) is 0.357. The van der Waals surface area contributed by atoms with E-state index < -0.39 is 6.10 Å². The number of nitrogens with zero attached hydrogens (tertiary/aromatic N) is 3. The van der Waals surface area contributed by atoms with Crippen molar-refractivity contribution < 1.29 is 9.90 Å². The summed E-state index contributed by atoms with van der Waals surface area (Å²) < 4.78 is 1.82. The van der Waals surface area contributed by atoms with Gasteiger partial charge in [0.25, 0.3) is 0 Å². The van der Waals surface area contributed by atoms with Crippen LogP contribution in [-0.4, -0.2) is 44.5 Å². The van der Waals surface area contributed by atoms with Gasteiger partial charge in [-0.15, -0.1) is 10.2 Å². The molecule has 1 aromatic carbocycles. The summed E-state index contributed by atoms with van der Waals surface area (Å²) in [6.07, 6.45) is 1.62. The number of carbonyl (C=O) groups is 1. The minimum Gasteiger partial charge on any atom is -0.392 e. The highest BCUT2D eigenvalue weighted by Crippen LogP contribution is 2.20. The fourth-order valence-electron chi connectivity index (χ4n) is 2.43. The SMILES string of the molecule is Cn1cnnc1-c1cccc(NC(=O)C2CC(O)CN2)c1. The molecule has 0 saturated carbocycles. The molecule has 7 heteroatoms. The van der Waals surface area contributed by atoms with E-state index in [1.807, 2.05) is 35.9 Å². The Morgan fingerprint density at radius 3 is 3.05 bits per heavy atom. The molecule has 2 aromatic rings. The molecule has 3 rings (SSSR count). The number of anilines is 1. The Balaban J connectivity index is 1.75. The lowest BCUT2D eigenvalue weighted by Crippen LogP contribution is -2.35. The number of nitrogens with one attached hydrogen (secondary N) is 2. The second-order valence-corrected chi connectivity index (χ2v) is 5.19. The molecule has 0 spiro atoms. The number of aliphatic hydroxyl groups excluding tert-OH is 1. The van der Waals surface area contributed by atoms with Crippen molar-refractivity contribution in [1.29, 1.82) is 0 Å². The average molecular weight is 287 g/mol. The maximum absolute atomic E-state index is 12.1. The van der Waals surface area contributed by atoms with E-state index in [1.165, 1.54) is 0 Å². The fourth-order valence-corrected chi connectivity index (χ4v) is 2.43.